The molecule has 8 nitrogen and oxygen atoms in total. The number of anilines is 1. The maximum Gasteiger partial charge on any atom is 0.224 e. The average molecular weight is 375 g/mol. The van der Waals surface area contributed by atoms with Crippen molar-refractivity contribution in [1.29, 1.82) is 0 Å². The number of benzene rings is 1. The van der Waals surface area contributed by atoms with Crippen LogP contribution in [-0.4, -0.2) is 48.9 Å². The third-order valence-electron chi connectivity index (χ3n) is 5.34. The van der Waals surface area contributed by atoms with Crippen LogP contribution < -0.4 is 5.73 Å². The predicted molar refractivity (Wildman–Crippen MR) is 107 cm³/mol. The van der Waals surface area contributed by atoms with E-state index in [9.17, 15) is 4.79 Å². The second kappa shape index (κ2) is 6.63. The molecule has 0 atom stereocenters. The minimum absolute atomic E-state index is 0.191. The number of hydrogen-bond acceptors (Lipinski definition) is 5. The van der Waals surface area contributed by atoms with E-state index >= 15 is 0 Å². The Morgan fingerprint density at radius 1 is 1.18 bits per heavy atom. The lowest BCUT2D eigenvalue weighted by atomic mass is 10.1. The molecule has 0 aliphatic carbocycles. The lowest BCUT2D eigenvalue weighted by Gasteiger charge is -2.14. The van der Waals surface area contributed by atoms with Crippen molar-refractivity contribution >= 4 is 33.5 Å². The zero-order valence-electron chi connectivity index (χ0n) is 15.4. The number of aromatic nitrogens is 5. The fraction of sp³-hybridized carbons (Fsp3) is 0.300. The number of pyridine rings is 1. The maximum atomic E-state index is 12.3. The van der Waals surface area contributed by atoms with Crippen molar-refractivity contribution < 1.29 is 4.79 Å². The van der Waals surface area contributed by atoms with Crippen LogP contribution in [0.4, 0.5) is 5.82 Å². The smallest absolute Gasteiger partial charge is 0.224 e. The van der Waals surface area contributed by atoms with Crippen LogP contribution in [0.5, 0.6) is 0 Å². The average Bonchev–Trinajstić information content (AvgIpc) is 3.47. The van der Waals surface area contributed by atoms with Gasteiger partial charge in [-0.15, -0.1) is 0 Å². The number of hydrogen-bond donors (Lipinski definition) is 2. The number of H-pyrrole nitrogens is 1. The van der Waals surface area contributed by atoms with Crippen LogP contribution in [0.1, 0.15) is 19.3 Å². The summed E-state index contributed by atoms with van der Waals surface area (Å²) in [5, 5.41) is 13.5. The van der Waals surface area contributed by atoms with E-state index in [1.165, 1.54) is 0 Å². The standard InChI is InChI=1S/C20H21N7O/c21-20-15-12-27(10-6-18(28)26-8-1-2-9-26)25-19(15)14-4-3-13(11-17(14)23-20)16-5-7-22-24-16/h3-5,7,11-12H,1-2,6,8-10H2,(H2,21,23)(H,22,24). The Morgan fingerprint density at radius 2 is 2.04 bits per heavy atom. The minimum atomic E-state index is 0.191. The Hall–Kier alpha value is -3.42. The summed E-state index contributed by atoms with van der Waals surface area (Å²) in [4.78, 5) is 18.8. The molecule has 4 aromatic rings. The Bertz CT molecular complexity index is 1160. The third-order valence-corrected chi connectivity index (χ3v) is 5.34. The summed E-state index contributed by atoms with van der Waals surface area (Å²) in [7, 11) is 0. The van der Waals surface area contributed by atoms with Gasteiger partial charge in [-0.05, 0) is 31.0 Å². The van der Waals surface area contributed by atoms with Crippen molar-refractivity contribution in [1.82, 2.24) is 29.9 Å². The van der Waals surface area contributed by atoms with E-state index in [0.29, 0.717) is 18.8 Å². The van der Waals surface area contributed by atoms with Crippen LogP contribution >= 0.6 is 0 Å². The number of amides is 1. The molecular formula is C20H21N7O. The van der Waals surface area contributed by atoms with E-state index in [2.05, 4.69) is 15.2 Å². The molecule has 1 aliphatic rings. The highest BCUT2D eigenvalue weighted by molar-refractivity contribution is 6.08. The van der Waals surface area contributed by atoms with Crippen molar-refractivity contribution in [3.8, 4) is 11.3 Å². The highest BCUT2D eigenvalue weighted by atomic mass is 16.2. The topological polar surface area (TPSA) is 106 Å². The number of nitrogens with two attached hydrogens (primary N) is 1. The normalized spacial score (nSPS) is 14.4. The molecule has 8 heteroatoms. The van der Waals surface area contributed by atoms with E-state index in [0.717, 1.165) is 59.0 Å². The number of aromatic amines is 1. The lowest BCUT2D eigenvalue weighted by Crippen LogP contribution is -2.28. The SMILES string of the molecule is Nc1nc2cc(-c3cc[nH]n3)ccc2c2nn(CCC(=O)N3CCCC3)cc12. The molecule has 1 aromatic carbocycles. The lowest BCUT2D eigenvalue weighted by molar-refractivity contribution is -0.130. The van der Waals surface area contributed by atoms with Crippen molar-refractivity contribution in [2.24, 2.45) is 0 Å². The number of carbonyl (C=O) groups excluding carboxylic acids is 1. The number of nitrogens with zero attached hydrogens (tertiary/aromatic N) is 5. The van der Waals surface area contributed by atoms with Crippen LogP contribution in [0.3, 0.4) is 0 Å². The molecule has 5 rings (SSSR count). The summed E-state index contributed by atoms with van der Waals surface area (Å²) in [5.74, 6) is 0.635. The van der Waals surface area contributed by atoms with Gasteiger partial charge in [0.1, 0.15) is 11.3 Å². The summed E-state index contributed by atoms with van der Waals surface area (Å²) in [5.41, 5.74) is 9.61. The molecule has 1 saturated heterocycles. The molecule has 1 amide bonds. The predicted octanol–water partition coefficient (Wildman–Crippen LogP) is 2.57. The molecule has 0 unspecified atom stereocenters. The van der Waals surface area contributed by atoms with Gasteiger partial charge in [0.05, 0.1) is 16.6 Å². The number of nitrogen functional groups attached to an aromatic ring is 1. The fourth-order valence-electron chi connectivity index (χ4n) is 3.85. The summed E-state index contributed by atoms with van der Waals surface area (Å²) in [6.45, 7) is 2.29. The molecular weight excluding hydrogens is 354 g/mol. The van der Waals surface area contributed by atoms with Gasteiger partial charge in [0, 0.05) is 49.4 Å². The minimum Gasteiger partial charge on any atom is -0.383 e. The third kappa shape index (κ3) is 2.87. The largest absolute Gasteiger partial charge is 0.383 e. The summed E-state index contributed by atoms with van der Waals surface area (Å²) in [6, 6.07) is 7.89. The first-order valence-electron chi connectivity index (χ1n) is 9.53. The fourth-order valence-corrected chi connectivity index (χ4v) is 3.85. The molecule has 0 spiro atoms. The molecule has 1 fully saturated rings. The molecule has 0 bridgehead atoms. The number of fused-ring (bicyclic) bond motifs is 3. The van der Waals surface area contributed by atoms with E-state index in [1.807, 2.05) is 35.4 Å². The van der Waals surface area contributed by atoms with Gasteiger partial charge in [0.25, 0.3) is 0 Å². The van der Waals surface area contributed by atoms with E-state index in [4.69, 9.17) is 10.8 Å². The second-order valence-corrected chi connectivity index (χ2v) is 7.18. The molecule has 28 heavy (non-hydrogen) atoms. The van der Waals surface area contributed by atoms with Gasteiger partial charge in [-0.3, -0.25) is 14.6 Å². The van der Waals surface area contributed by atoms with Gasteiger partial charge in [0.2, 0.25) is 5.91 Å². The van der Waals surface area contributed by atoms with Gasteiger partial charge in [0.15, 0.2) is 0 Å². The number of aryl methyl sites for hydroxylation is 1. The number of nitrogens with one attached hydrogen (secondary N) is 1. The van der Waals surface area contributed by atoms with E-state index in [1.54, 1.807) is 10.9 Å². The number of likely N-dealkylation sites (tertiary alicyclic amines) is 1. The van der Waals surface area contributed by atoms with Crippen molar-refractivity contribution in [3.63, 3.8) is 0 Å². The van der Waals surface area contributed by atoms with Crippen LogP contribution in [0.25, 0.3) is 33.1 Å². The Morgan fingerprint density at radius 3 is 2.82 bits per heavy atom. The monoisotopic (exact) mass is 375 g/mol. The highest BCUT2D eigenvalue weighted by Gasteiger charge is 2.18. The first-order chi connectivity index (χ1) is 13.7. The Labute approximate surface area is 161 Å². The zero-order valence-corrected chi connectivity index (χ0v) is 15.4. The van der Waals surface area contributed by atoms with Gasteiger partial charge in [-0.2, -0.15) is 10.2 Å². The molecule has 3 N–H and O–H groups in total. The molecule has 0 radical (unpaired) electrons. The number of rotatable bonds is 4. The Kier molecular flexibility index (Phi) is 3.96. The maximum absolute atomic E-state index is 12.3. The van der Waals surface area contributed by atoms with E-state index in [-0.39, 0.29) is 5.91 Å². The van der Waals surface area contributed by atoms with Crippen LogP contribution in [-0.2, 0) is 11.3 Å². The molecule has 0 saturated carbocycles. The first-order valence-corrected chi connectivity index (χ1v) is 9.53. The van der Waals surface area contributed by atoms with Crippen LogP contribution in [0.15, 0.2) is 36.7 Å². The Balaban J connectivity index is 1.47. The molecule has 1 aliphatic heterocycles. The first kappa shape index (κ1) is 16.7. The number of carbonyl (C=O) groups is 1. The summed E-state index contributed by atoms with van der Waals surface area (Å²) < 4.78 is 1.80. The van der Waals surface area contributed by atoms with Gasteiger partial charge < -0.3 is 10.6 Å². The molecule has 142 valence electrons. The van der Waals surface area contributed by atoms with Crippen LogP contribution in [0.2, 0.25) is 0 Å². The zero-order chi connectivity index (χ0) is 19.1. The van der Waals surface area contributed by atoms with E-state index < -0.39 is 0 Å². The molecule has 3 aromatic heterocycles. The summed E-state index contributed by atoms with van der Waals surface area (Å²) in [6.07, 6.45) is 6.33. The quantitative estimate of drug-likeness (QED) is 0.570. The van der Waals surface area contributed by atoms with Gasteiger partial charge in [-0.1, -0.05) is 6.07 Å². The van der Waals surface area contributed by atoms with Crippen molar-refractivity contribution in [3.05, 3.63) is 36.7 Å². The van der Waals surface area contributed by atoms with Gasteiger partial charge in [-0.25, -0.2) is 4.98 Å². The summed E-state index contributed by atoms with van der Waals surface area (Å²) >= 11 is 0. The van der Waals surface area contributed by atoms with Crippen molar-refractivity contribution in [2.75, 3.05) is 18.8 Å². The van der Waals surface area contributed by atoms with Crippen molar-refractivity contribution in [2.45, 2.75) is 25.8 Å². The molecule has 4 heterocycles. The van der Waals surface area contributed by atoms with Gasteiger partial charge >= 0.3 is 0 Å². The highest BCUT2D eigenvalue weighted by Crippen LogP contribution is 2.29. The van der Waals surface area contributed by atoms with Crippen LogP contribution in [0, 0.1) is 0 Å². The second-order valence-electron chi connectivity index (χ2n) is 7.18.